The van der Waals surface area contributed by atoms with Gasteiger partial charge in [-0.2, -0.15) is 0 Å². The van der Waals surface area contributed by atoms with Crippen LogP contribution in [-0.2, 0) is 0 Å². The normalized spacial score (nSPS) is 11.9. The second kappa shape index (κ2) is 5.91. The van der Waals surface area contributed by atoms with Gasteiger partial charge in [0.25, 0.3) is 0 Å². The van der Waals surface area contributed by atoms with Crippen molar-refractivity contribution in [1.82, 2.24) is 0 Å². The zero-order chi connectivity index (χ0) is 16.7. The van der Waals surface area contributed by atoms with E-state index >= 15 is 0 Å². The van der Waals surface area contributed by atoms with Gasteiger partial charge in [0, 0.05) is 6.07 Å². The summed E-state index contributed by atoms with van der Waals surface area (Å²) in [6.07, 6.45) is 0. The lowest BCUT2D eigenvalue weighted by Gasteiger charge is -1.99. The van der Waals surface area contributed by atoms with Crippen LogP contribution in [0.15, 0.2) is 73.3 Å². The van der Waals surface area contributed by atoms with Gasteiger partial charge in [-0.25, -0.2) is 4.79 Å². The van der Waals surface area contributed by atoms with Crippen molar-refractivity contribution in [3.63, 3.8) is 0 Å². The van der Waals surface area contributed by atoms with Crippen LogP contribution >= 0.6 is 0 Å². The second-order valence-corrected chi connectivity index (χ2v) is 8.65. The minimum atomic E-state index is -0.883. The smallest absolute Gasteiger partial charge is 0.357 e. The molecule has 0 heterocycles. The van der Waals surface area contributed by atoms with Crippen LogP contribution in [0.5, 0.6) is 0 Å². The average molecular weight is 425 g/mol. The van der Waals surface area contributed by atoms with Crippen LogP contribution in [0.3, 0.4) is 0 Å². The minimum absolute atomic E-state index is 0.334. The summed E-state index contributed by atoms with van der Waals surface area (Å²) >= 11 is -0.342. The maximum Gasteiger partial charge on any atom is 0.357 e. The maximum atomic E-state index is 10.9. The zero-order valence-electron chi connectivity index (χ0n) is 12.8. The standard InChI is InChI=1S/C21H13IO2/c1-13-17-4-2-3-5-18(17)19-11-10-16(12-20(13)19)22-15-8-6-14(7-9-15)21(23)24/h2-12H,1H2/p+1. The Labute approximate surface area is 150 Å². The second-order valence-electron chi connectivity index (χ2n) is 5.62. The molecule has 0 bridgehead atoms. The van der Waals surface area contributed by atoms with E-state index in [1.807, 2.05) is 18.2 Å². The first kappa shape index (κ1) is 15.1. The van der Waals surface area contributed by atoms with E-state index in [2.05, 4.69) is 43.0 Å². The molecule has 1 aliphatic rings. The van der Waals surface area contributed by atoms with Gasteiger partial charge in [-0.05, 0) is 64.2 Å². The fourth-order valence-electron chi connectivity index (χ4n) is 2.97. The molecule has 116 valence electrons. The van der Waals surface area contributed by atoms with Crippen LogP contribution in [0.2, 0.25) is 0 Å². The summed E-state index contributed by atoms with van der Waals surface area (Å²) in [6, 6.07) is 22.2. The Hall–Kier alpha value is -2.40. The first-order valence-electron chi connectivity index (χ1n) is 7.55. The van der Waals surface area contributed by atoms with Gasteiger partial charge >= 0.3 is 27.2 Å². The van der Waals surface area contributed by atoms with Crippen LogP contribution < -0.4 is 21.2 Å². The number of carboxylic acids is 1. The first-order valence-corrected chi connectivity index (χ1v) is 9.70. The SMILES string of the molecule is C=C1c2ccccc2-c2ccc([I+]c3ccc(C(=O)O)cc3)cc21. The largest absolute Gasteiger partial charge is 0.478 e. The number of carboxylic acid groups (broad SMARTS) is 1. The van der Waals surface area contributed by atoms with Crippen molar-refractivity contribution in [2.45, 2.75) is 0 Å². The highest BCUT2D eigenvalue weighted by molar-refractivity contribution is 6.00. The number of halogens is 1. The van der Waals surface area contributed by atoms with Crippen molar-refractivity contribution in [2.24, 2.45) is 0 Å². The quantitative estimate of drug-likeness (QED) is 0.506. The molecule has 1 N–H and O–H groups in total. The van der Waals surface area contributed by atoms with E-state index in [-0.39, 0.29) is 21.2 Å². The van der Waals surface area contributed by atoms with Crippen LogP contribution in [-0.4, -0.2) is 11.1 Å². The third kappa shape index (κ3) is 2.55. The Balaban J connectivity index is 1.65. The average Bonchev–Trinajstić information content (AvgIpc) is 2.88. The first-order chi connectivity index (χ1) is 11.6. The monoisotopic (exact) mass is 425 g/mol. The number of benzene rings is 3. The van der Waals surface area contributed by atoms with Gasteiger partial charge in [-0.1, -0.05) is 30.8 Å². The van der Waals surface area contributed by atoms with Crippen molar-refractivity contribution in [3.8, 4) is 11.1 Å². The van der Waals surface area contributed by atoms with E-state index in [4.69, 9.17) is 5.11 Å². The lowest BCUT2D eigenvalue weighted by Crippen LogP contribution is -3.61. The maximum absolute atomic E-state index is 10.9. The number of carbonyl (C=O) groups is 1. The fraction of sp³-hybridized carbons (Fsp3) is 0. The Kier molecular flexibility index (Phi) is 3.73. The highest BCUT2D eigenvalue weighted by atomic mass is 127. The highest BCUT2D eigenvalue weighted by Gasteiger charge is 2.25. The molecule has 2 nitrogen and oxygen atoms in total. The Morgan fingerprint density at radius 3 is 2.12 bits per heavy atom. The van der Waals surface area contributed by atoms with Crippen LogP contribution in [0.1, 0.15) is 21.5 Å². The van der Waals surface area contributed by atoms with Gasteiger partial charge < -0.3 is 5.11 Å². The fourth-order valence-corrected chi connectivity index (χ4v) is 5.23. The summed E-state index contributed by atoms with van der Waals surface area (Å²) in [4.78, 5) is 10.9. The third-order valence-corrected chi connectivity index (χ3v) is 6.79. The predicted molar refractivity (Wildman–Crippen MR) is 90.8 cm³/mol. The predicted octanol–water partition coefficient (Wildman–Crippen LogP) is 1.56. The van der Waals surface area contributed by atoms with Crippen molar-refractivity contribution in [2.75, 3.05) is 0 Å². The van der Waals surface area contributed by atoms with E-state index in [1.54, 1.807) is 12.1 Å². The molecule has 0 atom stereocenters. The molecule has 24 heavy (non-hydrogen) atoms. The lowest BCUT2D eigenvalue weighted by atomic mass is 10.1. The summed E-state index contributed by atoms with van der Waals surface area (Å²) in [7, 11) is 0. The molecule has 0 unspecified atom stereocenters. The molecule has 0 amide bonds. The Morgan fingerprint density at radius 1 is 0.792 bits per heavy atom. The van der Waals surface area contributed by atoms with Gasteiger partial charge in [0.2, 0.25) is 0 Å². The molecule has 1 aliphatic carbocycles. The Morgan fingerprint density at radius 2 is 1.42 bits per heavy atom. The summed E-state index contributed by atoms with van der Waals surface area (Å²) in [5.74, 6) is -0.883. The summed E-state index contributed by atoms with van der Waals surface area (Å²) in [5, 5.41) is 8.99. The van der Waals surface area contributed by atoms with E-state index in [0.29, 0.717) is 5.56 Å². The molecule has 3 aromatic rings. The van der Waals surface area contributed by atoms with E-state index < -0.39 is 5.97 Å². The lowest BCUT2D eigenvalue weighted by molar-refractivity contribution is -0.597. The molecular formula is C21H14IO2+. The van der Waals surface area contributed by atoms with Crippen LogP contribution in [0.25, 0.3) is 16.7 Å². The van der Waals surface area contributed by atoms with Crippen molar-refractivity contribution < 1.29 is 31.1 Å². The summed E-state index contributed by atoms with van der Waals surface area (Å²) < 4.78 is 2.52. The summed E-state index contributed by atoms with van der Waals surface area (Å²) in [5.41, 5.74) is 6.37. The molecule has 3 heteroatoms. The van der Waals surface area contributed by atoms with Crippen LogP contribution in [0.4, 0.5) is 0 Å². The number of hydrogen-bond acceptors (Lipinski definition) is 1. The van der Waals surface area contributed by atoms with Crippen LogP contribution in [0, 0.1) is 7.14 Å². The number of hydrogen-bond donors (Lipinski definition) is 1. The number of rotatable bonds is 3. The van der Waals surface area contributed by atoms with Gasteiger partial charge in [-0.3, -0.25) is 0 Å². The van der Waals surface area contributed by atoms with E-state index in [1.165, 1.54) is 29.4 Å². The van der Waals surface area contributed by atoms with E-state index in [0.717, 1.165) is 5.57 Å². The van der Waals surface area contributed by atoms with Gasteiger partial charge in [0.15, 0.2) is 7.14 Å². The number of aromatic carboxylic acids is 1. The molecule has 0 saturated carbocycles. The molecule has 0 aliphatic heterocycles. The third-order valence-electron chi connectivity index (χ3n) is 4.16. The molecule has 3 aromatic carbocycles. The molecule has 0 fully saturated rings. The van der Waals surface area contributed by atoms with E-state index in [9.17, 15) is 4.79 Å². The van der Waals surface area contributed by atoms with Gasteiger partial charge in [0.05, 0.1) is 5.56 Å². The topological polar surface area (TPSA) is 37.3 Å². The molecule has 0 saturated heterocycles. The molecule has 0 spiro atoms. The molecule has 0 radical (unpaired) electrons. The van der Waals surface area contributed by atoms with Crippen molar-refractivity contribution in [3.05, 3.63) is 97.1 Å². The van der Waals surface area contributed by atoms with Gasteiger partial charge in [0.1, 0.15) is 0 Å². The van der Waals surface area contributed by atoms with Crippen molar-refractivity contribution >= 4 is 11.5 Å². The summed E-state index contributed by atoms with van der Waals surface area (Å²) in [6.45, 7) is 4.26. The zero-order valence-corrected chi connectivity index (χ0v) is 14.9. The minimum Gasteiger partial charge on any atom is -0.478 e. The molecule has 0 aromatic heterocycles. The molecule has 4 rings (SSSR count). The van der Waals surface area contributed by atoms with Gasteiger partial charge in [-0.15, -0.1) is 0 Å². The van der Waals surface area contributed by atoms with Crippen molar-refractivity contribution in [1.29, 1.82) is 0 Å². The highest BCUT2D eigenvalue weighted by Crippen LogP contribution is 2.42. The number of fused-ring (bicyclic) bond motifs is 3. The molecular weight excluding hydrogens is 411 g/mol. The Bertz CT molecular complexity index is 971.